The largest absolute Gasteiger partial charge is 0.369 e. The van der Waals surface area contributed by atoms with Crippen LogP contribution in [-0.4, -0.2) is 25.3 Å². The molecule has 1 aromatic carbocycles. The zero-order chi connectivity index (χ0) is 13.9. The molecule has 3 N–H and O–H groups in total. The van der Waals surface area contributed by atoms with E-state index in [1.54, 1.807) is 0 Å². The Morgan fingerprint density at radius 1 is 1.61 bits per heavy atom. The van der Waals surface area contributed by atoms with E-state index in [0.29, 0.717) is 6.07 Å². The first-order chi connectivity index (χ1) is 8.32. The van der Waals surface area contributed by atoms with Crippen molar-refractivity contribution in [2.45, 2.75) is 5.92 Å². The van der Waals surface area contributed by atoms with Gasteiger partial charge in [-0.25, -0.2) is 8.60 Å². The Bertz CT molecular complexity index is 522. The first-order valence-electron chi connectivity index (χ1n) is 4.63. The summed E-state index contributed by atoms with van der Waals surface area (Å²) in [5, 5.41) is 10.4. The smallest absolute Gasteiger partial charge is 0.272 e. The number of primary amides is 1. The quantitative estimate of drug-likeness (QED) is 0.461. The van der Waals surface area contributed by atoms with Crippen LogP contribution in [-0.2, 0) is 15.9 Å². The second kappa shape index (κ2) is 5.65. The summed E-state index contributed by atoms with van der Waals surface area (Å²) in [6.07, 6.45) is 0. The molecule has 0 saturated carbocycles. The van der Waals surface area contributed by atoms with Crippen LogP contribution >= 0.6 is 0 Å². The minimum absolute atomic E-state index is 0.240. The molecule has 1 aromatic rings. The topological polar surface area (TPSA) is 124 Å². The summed E-state index contributed by atoms with van der Waals surface area (Å²) < 4.78 is 32.9. The SMILES string of the molecule is NC(=O)C(CS(=O)O)c1ccc([N+](=O)[O-])cc1F. The predicted molar refractivity (Wildman–Crippen MR) is 60.6 cm³/mol. The highest BCUT2D eigenvalue weighted by Gasteiger charge is 2.25. The molecule has 1 rings (SSSR count). The highest BCUT2D eigenvalue weighted by molar-refractivity contribution is 7.79. The third-order valence-electron chi connectivity index (χ3n) is 2.22. The number of nitrogens with two attached hydrogens (primary N) is 1. The van der Waals surface area contributed by atoms with Gasteiger partial charge in [-0.2, -0.15) is 0 Å². The van der Waals surface area contributed by atoms with Gasteiger partial charge in [0, 0.05) is 11.6 Å². The highest BCUT2D eigenvalue weighted by Crippen LogP contribution is 2.24. The Kier molecular flexibility index (Phi) is 4.45. The van der Waals surface area contributed by atoms with Crippen LogP contribution in [0.3, 0.4) is 0 Å². The molecule has 0 aliphatic carbocycles. The summed E-state index contributed by atoms with van der Waals surface area (Å²) in [6, 6.07) is 2.63. The number of amides is 1. The summed E-state index contributed by atoms with van der Waals surface area (Å²) in [4.78, 5) is 20.7. The van der Waals surface area contributed by atoms with Crippen molar-refractivity contribution in [3.63, 3.8) is 0 Å². The summed E-state index contributed by atoms with van der Waals surface area (Å²) in [7, 11) is 0. The van der Waals surface area contributed by atoms with E-state index in [4.69, 9.17) is 10.3 Å². The lowest BCUT2D eigenvalue weighted by Crippen LogP contribution is -2.26. The maximum absolute atomic E-state index is 13.6. The molecule has 9 heteroatoms. The van der Waals surface area contributed by atoms with Gasteiger partial charge in [-0.1, -0.05) is 0 Å². The van der Waals surface area contributed by atoms with Crippen molar-refractivity contribution in [3.8, 4) is 0 Å². The second-order valence-electron chi connectivity index (χ2n) is 3.41. The first kappa shape index (κ1) is 14.2. The minimum Gasteiger partial charge on any atom is -0.369 e. The number of benzene rings is 1. The number of carbonyl (C=O) groups excluding carboxylic acids is 1. The van der Waals surface area contributed by atoms with Gasteiger partial charge >= 0.3 is 0 Å². The van der Waals surface area contributed by atoms with Gasteiger partial charge in [0.05, 0.1) is 22.7 Å². The van der Waals surface area contributed by atoms with E-state index in [9.17, 15) is 23.5 Å². The van der Waals surface area contributed by atoms with E-state index in [1.807, 2.05) is 0 Å². The number of hydrogen-bond donors (Lipinski definition) is 2. The molecular formula is C9H9FN2O5S. The normalized spacial score (nSPS) is 13.9. The molecule has 0 fully saturated rings. The molecule has 7 nitrogen and oxygen atoms in total. The maximum Gasteiger partial charge on any atom is 0.272 e. The van der Waals surface area contributed by atoms with Crippen LogP contribution < -0.4 is 5.73 Å². The average molecular weight is 276 g/mol. The summed E-state index contributed by atoms with van der Waals surface area (Å²) in [5.74, 6) is -3.87. The molecule has 0 radical (unpaired) electrons. The molecule has 98 valence electrons. The van der Waals surface area contributed by atoms with Crippen LogP contribution in [0.4, 0.5) is 10.1 Å². The van der Waals surface area contributed by atoms with Crippen molar-refractivity contribution in [1.29, 1.82) is 0 Å². The number of hydrogen-bond acceptors (Lipinski definition) is 4. The Hall–Kier alpha value is -1.87. The van der Waals surface area contributed by atoms with Crippen LogP contribution in [0.25, 0.3) is 0 Å². The van der Waals surface area contributed by atoms with Crippen LogP contribution in [0.2, 0.25) is 0 Å². The second-order valence-corrected chi connectivity index (χ2v) is 4.38. The molecule has 18 heavy (non-hydrogen) atoms. The Balaban J connectivity index is 3.17. The number of nitrogens with zero attached hydrogens (tertiary/aromatic N) is 1. The summed E-state index contributed by atoms with van der Waals surface area (Å²) in [6.45, 7) is 0. The van der Waals surface area contributed by atoms with Gasteiger partial charge in [0.25, 0.3) is 5.69 Å². The summed E-state index contributed by atoms with van der Waals surface area (Å²) in [5.41, 5.74) is 4.28. The van der Waals surface area contributed by atoms with Gasteiger partial charge in [0.15, 0.2) is 11.1 Å². The third-order valence-corrected chi connectivity index (χ3v) is 2.84. The van der Waals surface area contributed by atoms with E-state index in [2.05, 4.69) is 0 Å². The van der Waals surface area contributed by atoms with Crippen molar-refractivity contribution in [3.05, 3.63) is 39.7 Å². The van der Waals surface area contributed by atoms with Crippen molar-refractivity contribution in [2.75, 3.05) is 5.75 Å². The number of non-ortho nitro benzene ring substituents is 1. The van der Waals surface area contributed by atoms with Crippen LogP contribution in [0.15, 0.2) is 18.2 Å². The van der Waals surface area contributed by atoms with E-state index in [0.717, 1.165) is 12.1 Å². The molecule has 0 bridgehead atoms. The molecule has 0 saturated heterocycles. The standard InChI is InChI=1S/C9H9FN2O5S/c10-8-3-5(12(14)15)1-2-6(8)7(9(11)13)4-18(16)17/h1-3,7H,4H2,(H2,11,13)(H,16,17). The molecule has 1 amide bonds. The fourth-order valence-electron chi connectivity index (χ4n) is 1.38. The number of nitro benzene ring substituents is 1. The fraction of sp³-hybridized carbons (Fsp3) is 0.222. The van der Waals surface area contributed by atoms with Crippen molar-refractivity contribution in [1.82, 2.24) is 0 Å². The number of carbonyl (C=O) groups is 1. The third kappa shape index (κ3) is 3.31. The molecule has 2 atom stereocenters. The molecule has 0 aliphatic heterocycles. The minimum atomic E-state index is -2.34. The Morgan fingerprint density at radius 2 is 2.22 bits per heavy atom. The van der Waals surface area contributed by atoms with E-state index >= 15 is 0 Å². The van der Waals surface area contributed by atoms with Crippen LogP contribution in [0.5, 0.6) is 0 Å². The summed E-state index contributed by atoms with van der Waals surface area (Å²) >= 11 is -2.34. The lowest BCUT2D eigenvalue weighted by molar-refractivity contribution is -0.385. The fourth-order valence-corrected chi connectivity index (χ4v) is 2.01. The lowest BCUT2D eigenvalue weighted by atomic mass is 9.99. The average Bonchev–Trinajstić information content (AvgIpc) is 2.25. The van der Waals surface area contributed by atoms with Crippen LogP contribution in [0.1, 0.15) is 11.5 Å². The molecule has 0 aliphatic rings. The van der Waals surface area contributed by atoms with Crippen molar-refractivity contribution >= 4 is 22.7 Å². The van der Waals surface area contributed by atoms with Crippen molar-refractivity contribution < 1.29 is 22.9 Å². The number of halogens is 1. The lowest BCUT2D eigenvalue weighted by Gasteiger charge is -2.12. The Morgan fingerprint density at radius 3 is 2.61 bits per heavy atom. The number of rotatable bonds is 5. The zero-order valence-corrected chi connectivity index (χ0v) is 9.72. The molecule has 0 spiro atoms. The van der Waals surface area contributed by atoms with Crippen molar-refractivity contribution in [2.24, 2.45) is 5.73 Å². The van der Waals surface area contributed by atoms with Gasteiger partial charge in [-0.3, -0.25) is 14.9 Å². The van der Waals surface area contributed by atoms with E-state index in [1.165, 1.54) is 0 Å². The van der Waals surface area contributed by atoms with E-state index in [-0.39, 0.29) is 5.56 Å². The van der Waals surface area contributed by atoms with Gasteiger partial charge in [-0.05, 0) is 6.07 Å². The van der Waals surface area contributed by atoms with Gasteiger partial charge in [-0.15, -0.1) is 0 Å². The monoisotopic (exact) mass is 276 g/mol. The maximum atomic E-state index is 13.6. The van der Waals surface area contributed by atoms with E-state index < -0.39 is 45.1 Å². The predicted octanol–water partition coefficient (Wildman–Crippen LogP) is 0.525. The Labute approximate surface area is 103 Å². The first-order valence-corrected chi connectivity index (χ1v) is 5.91. The van der Waals surface area contributed by atoms with Crippen LogP contribution in [0, 0.1) is 15.9 Å². The number of nitro groups is 1. The molecule has 0 aromatic heterocycles. The highest BCUT2D eigenvalue weighted by atomic mass is 32.2. The van der Waals surface area contributed by atoms with Gasteiger partial charge in [0.1, 0.15) is 5.82 Å². The van der Waals surface area contributed by atoms with Gasteiger partial charge < -0.3 is 10.3 Å². The molecule has 2 unspecified atom stereocenters. The molecular weight excluding hydrogens is 267 g/mol. The van der Waals surface area contributed by atoms with Gasteiger partial charge in [0.2, 0.25) is 5.91 Å². The zero-order valence-electron chi connectivity index (χ0n) is 8.91. The molecule has 0 heterocycles.